The van der Waals surface area contributed by atoms with Crippen molar-refractivity contribution < 1.29 is 27.2 Å². The van der Waals surface area contributed by atoms with Crippen LogP contribution in [0.15, 0.2) is 60.7 Å². The van der Waals surface area contributed by atoms with Crippen LogP contribution in [0.4, 0.5) is 8.78 Å². The van der Waals surface area contributed by atoms with E-state index in [1.165, 1.54) is 18.2 Å². The molecule has 0 spiro atoms. The number of alkyl halides is 2. The molecule has 0 saturated heterocycles. The van der Waals surface area contributed by atoms with Crippen LogP contribution in [0.3, 0.4) is 0 Å². The zero-order valence-corrected chi connectivity index (χ0v) is 18.4. The van der Waals surface area contributed by atoms with Gasteiger partial charge < -0.3 is 13.7 Å². The van der Waals surface area contributed by atoms with Crippen molar-refractivity contribution in [1.29, 1.82) is 1.34 Å². The maximum absolute atomic E-state index is 14.4. The zero-order valence-electron chi connectivity index (χ0n) is 18.6. The normalized spacial score (nSPS) is 24.5. The molecule has 1 saturated carbocycles. The summed E-state index contributed by atoms with van der Waals surface area (Å²) < 4.78 is 52.7. The van der Waals surface area contributed by atoms with Crippen LogP contribution in [0.5, 0.6) is 11.5 Å². The molecule has 32 heavy (non-hydrogen) atoms. The topological polar surface area (TPSA) is 44.8 Å². The molecule has 0 N–H and O–H groups in total. The van der Waals surface area contributed by atoms with E-state index in [9.17, 15) is 13.6 Å². The average Bonchev–Trinajstić information content (AvgIpc) is 3.33. The zero-order chi connectivity index (χ0) is 23.4. The van der Waals surface area contributed by atoms with Crippen molar-refractivity contribution >= 4 is 24.8 Å². The van der Waals surface area contributed by atoms with Crippen molar-refractivity contribution in [3.63, 3.8) is 0 Å². The van der Waals surface area contributed by atoms with Gasteiger partial charge >= 0.3 is 6.11 Å². The molecule has 4 atom stereocenters. The maximum atomic E-state index is 14.4. The van der Waals surface area contributed by atoms with Gasteiger partial charge in [0.25, 0.3) is 5.78 Å². The van der Waals surface area contributed by atoms with Gasteiger partial charge in [0.2, 0.25) is 7.09 Å². The summed E-state index contributed by atoms with van der Waals surface area (Å²) in [6.45, 7) is 2.10. The second kappa shape index (κ2) is 9.67. The lowest BCUT2D eigenvalue weighted by atomic mass is 9.86. The number of hydrogen-bond donors (Lipinski definition) is 0. The van der Waals surface area contributed by atoms with Crippen LogP contribution in [0.2, 0.25) is 0 Å². The van der Waals surface area contributed by atoms with Gasteiger partial charge in [-0.1, -0.05) is 67.7 Å². The van der Waals surface area contributed by atoms with E-state index in [0.717, 1.165) is 54.8 Å². The fourth-order valence-corrected chi connectivity index (χ4v) is 4.92. The Morgan fingerprint density at radius 2 is 2.12 bits per heavy atom. The fourth-order valence-electron chi connectivity index (χ4n) is 4.57. The quantitative estimate of drug-likeness (QED) is 0.279. The summed E-state index contributed by atoms with van der Waals surface area (Å²) in [6.07, 6.45) is 0.201. The van der Waals surface area contributed by atoms with Crippen molar-refractivity contribution in [2.45, 2.75) is 50.4 Å². The van der Waals surface area contributed by atoms with Crippen LogP contribution in [0.1, 0.15) is 36.8 Å². The van der Waals surface area contributed by atoms with E-state index in [1.54, 1.807) is 18.2 Å². The standard InChI is InChI=1S/C24H24BF2O4S/c1-2-7-15-8-6-11-18-22-17(19(31-32-25)14-20(22)29-23(15)18)12-13-21(28)24(26,27)30-16-9-4-3-5-10-16/h3-6,8-13,17,19-20,22,25H,2,7,14H2,1H3/b13-12+/t17-,19+,20-,22-/m0/s1/i25T. The van der Waals surface area contributed by atoms with Crippen LogP contribution in [-0.4, -0.2) is 32.5 Å². The van der Waals surface area contributed by atoms with Crippen molar-refractivity contribution in [1.82, 2.24) is 0 Å². The highest BCUT2D eigenvalue weighted by Gasteiger charge is 2.50. The minimum atomic E-state index is -3.99. The molecule has 167 valence electrons. The lowest BCUT2D eigenvalue weighted by Gasteiger charge is -2.21. The highest BCUT2D eigenvalue weighted by atomic mass is 32.2. The molecule has 2 aliphatic rings. The Bertz CT molecular complexity index is 1010. The number of fused-ring (bicyclic) bond motifs is 3. The van der Waals surface area contributed by atoms with Crippen molar-refractivity contribution in [2.24, 2.45) is 5.92 Å². The molecule has 1 radical (unpaired) electrons. The maximum Gasteiger partial charge on any atom is 0.465 e. The molecular formula is C24H24BF2O4S. The number of ketones is 1. The molecule has 2 aromatic rings. The molecule has 4 nitrogen and oxygen atoms in total. The largest absolute Gasteiger partial charge is 0.489 e. The van der Waals surface area contributed by atoms with Gasteiger partial charge in [0, 0.05) is 23.8 Å². The number of rotatable bonds is 10. The Hall–Kier alpha value is -2.32. The monoisotopic (exact) mass is 459 g/mol. The first-order valence-corrected chi connectivity index (χ1v) is 11.4. The van der Waals surface area contributed by atoms with Crippen LogP contribution in [-0.2, 0) is 15.4 Å². The van der Waals surface area contributed by atoms with Crippen molar-refractivity contribution in [3.05, 3.63) is 71.8 Å². The van der Waals surface area contributed by atoms with E-state index in [1.807, 2.05) is 18.2 Å². The summed E-state index contributed by atoms with van der Waals surface area (Å²) in [7, 11) is 1.07. The van der Waals surface area contributed by atoms with E-state index in [4.69, 9.17) is 10.3 Å². The Labute approximate surface area is 193 Å². The average molecular weight is 459 g/mol. The number of carbonyl (C=O) groups is 1. The summed E-state index contributed by atoms with van der Waals surface area (Å²) in [5.41, 5.74) is 2.13. The molecule has 1 aliphatic carbocycles. The van der Waals surface area contributed by atoms with E-state index in [2.05, 4.69) is 11.7 Å². The van der Waals surface area contributed by atoms with Gasteiger partial charge in [-0.3, -0.25) is 4.79 Å². The number of benzene rings is 2. The van der Waals surface area contributed by atoms with E-state index >= 15 is 0 Å². The molecule has 0 amide bonds. The summed E-state index contributed by atoms with van der Waals surface area (Å²) in [4.78, 5) is 12.3. The third-order valence-corrected chi connectivity index (χ3v) is 6.27. The SMILES string of the molecule is [3H][B]SO[C@@H]1C[C@@H]2Oc3c(CCC)cccc3[C@@H]2[C@H]1/C=C/C(=O)C(F)(F)Oc1ccccc1. The van der Waals surface area contributed by atoms with Gasteiger partial charge in [-0.25, -0.2) is 0 Å². The predicted molar refractivity (Wildman–Crippen MR) is 121 cm³/mol. The molecule has 0 unspecified atom stereocenters. The summed E-state index contributed by atoms with van der Waals surface area (Å²) in [5, 5.41) is 0. The van der Waals surface area contributed by atoms with Gasteiger partial charge in [0.1, 0.15) is 17.6 Å². The number of ether oxygens (including phenoxy) is 2. The van der Waals surface area contributed by atoms with Gasteiger partial charge in [-0.05, 0) is 31.5 Å². The first-order valence-electron chi connectivity index (χ1n) is 11.2. The molecular weight excluding hydrogens is 433 g/mol. The van der Waals surface area contributed by atoms with E-state index in [0.29, 0.717) is 6.42 Å². The van der Waals surface area contributed by atoms with Crippen LogP contribution in [0.25, 0.3) is 0 Å². The Balaban J connectivity index is 1.57. The third kappa shape index (κ3) is 4.57. The Morgan fingerprint density at radius 1 is 1.31 bits per heavy atom. The molecule has 4 rings (SSSR count). The van der Waals surface area contributed by atoms with Crippen LogP contribution >= 0.6 is 11.9 Å². The molecule has 0 aromatic heterocycles. The first kappa shape index (κ1) is 21.5. The van der Waals surface area contributed by atoms with E-state index in [-0.39, 0.29) is 29.8 Å². The number of hydrogen-bond acceptors (Lipinski definition) is 5. The molecule has 0 bridgehead atoms. The Kier molecular flexibility index (Phi) is 6.50. The van der Waals surface area contributed by atoms with Gasteiger partial charge in [0.05, 0.1) is 6.10 Å². The summed E-state index contributed by atoms with van der Waals surface area (Å²) in [5.74, 6) is -1.16. The minimum absolute atomic E-state index is 0.0876. The number of aryl methyl sites for hydroxylation is 1. The Morgan fingerprint density at radius 3 is 2.88 bits per heavy atom. The lowest BCUT2D eigenvalue weighted by molar-refractivity contribution is -0.185. The molecule has 1 heterocycles. The first-order chi connectivity index (χ1) is 15.9. The number of halogens is 2. The summed E-state index contributed by atoms with van der Waals surface area (Å²) in [6, 6.07) is 13.5. The molecule has 2 aromatic carbocycles. The number of carbonyl (C=O) groups excluding carboxylic acids is 1. The second-order valence-electron chi connectivity index (χ2n) is 7.97. The van der Waals surface area contributed by atoms with Gasteiger partial charge in [-0.2, -0.15) is 8.78 Å². The summed E-state index contributed by atoms with van der Waals surface area (Å²) >= 11 is 0.876. The predicted octanol–water partition coefficient (Wildman–Crippen LogP) is 5.15. The van der Waals surface area contributed by atoms with Crippen molar-refractivity contribution in [2.75, 3.05) is 0 Å². The number of para-hydroxylation sites is 2. The molecule has 1 aliphatic heterocycles. The smallest absolute Gasteiger partial charge is 0.465 e. The highest BCUT2D eigenvalue weighted by Crippen LogP contribution is 2.53. The third-order valence-electron chi connectivity index (χ3n) is 5.91. The fraction of sp³-hybridized carbons (Fsp3) is 0.375. The van der Waals surface area contributed by atoms with E-state index < -0.39 is 11.9 Å². The van der Waals surface area contributed by atoms with Crippen molar-refractivity contribution in [3.8, 4) is 11.5 Å². The van der Waals surface area contributed by atoms with Crippen LogP contribution in [0, 0.1) is 5.92 Å². The lowest BCUT2D eigenvalue weighted by Crippen LogP contribution is -2.34. The minimum Gasteiger partial charge on any atom is -0.489 e. The van der Waals surface area contributed by atoms with Gasteiger partial charge in [0.15, 0.2) is 0 Å². The highest BCUT2D eigenvalue weighted by molar-refractivity contribution is 8.15. The van der Waals surface area contributed by atoms with Gasteiger partial charge in [-0.15, -0.1) is 0 Å². The van der Waals surface area contributed by atoms with Crippen LogP contribution < -0.4 is 9.47 Å². The molecule has 8 heteroatoms. The second-order valence-corrected chi connectivity index (χ2v) is 8.35. The molecule has 1 fully saturated rings.